The number of nitrogens with zero attached hydrogens (tertiary/aromatic N) is 1. The summed E-state index contributed by atoms with van der Waals surface area (Å²) in [4.78, 5) is 2.60. The Hall–Kier alpha value is -1.02. The lowest BCUT2D eigenvalue weighted by molar-refractivity contribution is -0.0823. The largest absolute Gasteiger partial charge is 0.507 e. The predicted molar refractivity (Wildman–Crippen MR) is 99.2 cm³/mol. The van der Waals surface area contributed by atoms with Gasteiger partial charge in [0.2, 0.25) is 0 Å². The van der Waals surface area contributed by atoms with Crippen molar-refractivity contribution in [2.45, 2.75) is 76.8 Å². The summed E-state index contributed by atoms with van der Waals surface area (Å²) < 4.78 is 0. The minimum absolute atomic E-state index is 0.0145. The van der Waals surface area contributed by atoms with Crippen molar-refractivity contribution in [3.63, 3.8) is 0 Å². The Kier molecular flexibility index (Phi) is 3.76. The van der Waals surface area contributed by atoms with Gasteiger partial charge in [0, 0.05) is 17.6 Å². The first-order valence-electron chi connectivity index (χ1n) is 9.79. The Bertz CT molecular complexity index is 592. The average molecular weight is 328 g/mol. The molecule has 4 aliphatic rings. The molecule has 0 aromatic heterocycles. The van der Waals surface area contributed by atoms with E-state index in [1.807, 2.05) is 0 Å². The maximum absolute atomic E-state index is 10.8. The maximum Gasteiger partial charge on any atom is 0.123 e. The summed E-state index contributed by atoms with van der Waals surface area (Å²) in [6.07, 6.45) is 8.60. The predicted octanol–water partition coefficient (Wildman–Crippen LogP) is 5.09. The van der Waals surface area contributed by atoms with Gasteiger partial charge in [-0.15, -0.1) is 0 Å². The summed E-state index contributed by atoms with van der Waals surface area (Å²) in [7, 11) is 2.30. The number of benzene rings is 1. The molecule has 4 aliphatic carbocycles. The van der Waals surface area contributed by atoms with Crippen molar-refractivity contribution in [2.75, 3.05) is 7.05 Å². The summed E-state index contributed by atoms with van der Waals surface area (Å²) in [6, 6.07) is 6.30. The van der Waals surface area contributed by atoms with Crippen LogP contribution >= 0.6 is 0 Å². The molecular weight excluding hydrogens is 294 g/mol. The molecule has 2 heteroatoms. The Morgan fingerprint density at radius 1 is 1.04 bits per heavy atom. The molecule has 0 spiro atoms. The smallest absolute Gasteiger partial charge is 0.123 e. The van der Waals surface area contributed by atoms with E-state index in [9.17, 15) is 5.11 Å². The van der Waals surface area contributed by atoms with Crippen LogP contribution in [0.1, 0.15) is 70.4 Å². The lowest BCUT2D eigenvalue weighted by Gasteiger charge is -2.60. The fraction of sp³-hybridized carbons (Fsp3) is 0.727. The molecule has 1 aromatic carbocycles. The van der Waals surface area contributed by atoms with E-state index in [-0.39, 0.29) is 5.41 Å². The molecule has 0 atom stereocenters. The zero-order valence-corrected chi connectivity index (χ0v) is 15.8. The second-order valence-electron chi connectivity index (χ2n) is 10.1. The van der Waals surface area contributed by atoms with E-state index in [4.69, 9.17) is 0 Å². The third kappa shape index (κ3) is 2.67. The summed E-state index contributed by atoms with van der Waals surface area (Å²) in [6.45, 7) is 7.40. The van der Waals surface area contributed by atoms with Crippen molar-refractivity contribution in [1.29, 1.82) is 0 Å². The zero-order valence-electron chi connectivity index (χ0n) is 15.8. The first-order chi connectivity index (χ1) is 11.3. The van der Waals surface area contributed by atoms with Gasteiger partial charge in [0.25, 0.3) is 0 Å². The molecule has 1 N–H and O–H groups in total. The molecule has 0 heterocycles. The second kappa shape index (κ2) is 5.49. The van der Waals surface area contributed by atoms with Crippen LogP contribution in [0.25, 0.3) is 0 Å². The fourth-order valence-electron chi connectivity index (χ4n) is 6.28. The molecule has 24 heavy (non-hydrogen) atoms. The van der Waals surface area contributed by atoms with Gasteiger partial charge in [-0.25, -0.2) is 0 Å². The number of para-hydroxylation sites is 1. The van der Waals surface area contributed by atoms with Crippen LogP contribution in [0.5, 0.6) is 5.75 Å². The molecule has 5 rings (SSSR count). The van der Waals surface area contributed by atoms with E-state index >= 15 is 0 Å². The fourth-order valence-corrected chi connectivity index (χ4v) is 6.28. The van der Waals surface area contributed by atoms with Gasteiger partial charge < -0.3 is 5.11 Å². The third-order valence-corrected chi connectivity index (χ3v) is 7.15. The molecule has 0 saturated heterocycles. The van der Waals surface area contributed by atoms with Crippen molar-refractivity contribution in [2.24, 2.45) is 17.8 Å². The summed E-state index contributed by atoms with van der Waals surface area (Å²) in [5, 5.41) is 10.8. The van der Waals surface area contributed by atoms with Crippen LogP contribution in [-0.4, -0.2) is 22.6 Å². The quantitative estimate of drug-likeness (QED) is 0.836. The van der Waals surface area contributed by atoms with Gasteiger partial charge in [0.15, 0.2) is 0 Å². The Labute approximate surface area is 147 Å². The van der Waals surface area contributed by atoms with Crippen LogP contribution in [0.15, 0.2) is 18.2 Å². The normalized spacial score (nSPS) is 35.0. The Balaban J connectivity index is 1.58. The van der Waals surface area contributed by atoms with Gasteiger partial charge in [-0.1, -0.05) is 39.0 Å². The highest BCUT2D eigenvalue weighted by molar-refractivity contribution is 5.44. The van der Waals surface area contributed by atoms with Crippen LogP contribution < -0.4 is 0 Å². The molecule has 0 amide bonds. The summed E-state index contributed by atoms with van der Waals surface area (Å²) >= 11 is 0. The number of phenols is 1. The third-order valence-electron chi connectivity index (χ3n) is 7.15. The molecule has 2 nitrogen and oxygen atoms in total. The van der Waals surface area contributed by atoms with Crippen molar-refractivity contribution in [1.82, 2.24) is 4.90 Å². The first-order valence-corrected chi connectivity index (χ1v) is 9.79. The van der Waals surface area contributed by atoms with Crippen LogP contribution in [0.3, 0.4) is 0 Å². The van der Waals surface area contributed by atoms with Gasteiger partial charge in [0.1, 0.15) is 5.75 Å². The van der Waals surface area contributed by atoms with E-state index in [1.54, 1.807) is 0 Å². The molecular formula is C22H33NO. The Morgan fingerprint density at radius 3 is 2.08 bits per heavy atom. The van der Waals surface area contributed by atoms with E-state index in [0.29, 0.717) is 11.3 Å². The topological polar surface area (TPSA) is 23.5 Å². The molecule has 4 bridgehead atoms. The number of aromatic hydroxyl groups is 1. The molecule has 0 unspecified atom stereocenters. The van der Waals surface area contributed by atoms with Gasteiger partial charge >= 0.3 is 0 Å². The van der Waals surface area contributed by atoms with Crippen LogP contribution in [0, 0.1) is 17.8 Å². The summed E-state index contributed by atoms with van der Waals surface area (Å²) in [5.41, 5.74) is 2.55. The standard InChI is InChI=1S/C22H33NO/c1-21(2,3)19-7-5-6-18(20(19)24)14-23(4)22-11-15-8-16(12-22)10-17(9-15)13-22/h5-7,15-17,24H,8-14H2,1-4H3. The number of rotatable bonds is 3. The highest BCUT2D eigenvalue weighted by Gasteiger charge is 2.52. The van der Waals surface area contributed by atoms with E-state index in [2.05, 4.69) is 50.9 Å². The van der Waals surface area contributed by atoms with Gasteiger partial charge in [-0.3, -0.25) is 4.90 Å². The maximum atomic E-state index is 10.8. The first kappa shape index (κ1) is 16.4. The van der Waals surface area contributed by atoms with Crippen LogP contribution in [0.2, 0.25) is 0 Å². The summed E-state index contributed by atoms with van der Waals surface area (Å²) in [5.74, 6) is 3.41. The highest BCUT2D eigenvalue weighted by Crippen LogP contribution is 2.57. The van der Waals surface area contributed by atoms with Gasteiger partial charge in [-0.05, 0) is 74.3 Å². The molecule has 0 aliphatic heterocycles. The highest BCUT2D eigenvalue weighted by atomic mass is 16.3. The zero-order chi connectivity index (χ0) is 17.1. The van der Waals surface area contributed by atoms with Crippen LogP contribution in [-0.2, 0) is 12.0 Å². The van der Waals surface area contributed by atoms with Crippen molar-refractivity contribution in [3.8, 4) is 5.75 Å². The lowest BCUT2D eigenvalue weighted by atomic mass is 9.52. The minimum atomic E-state index is -0.0145. The molecule has 1 aromatic rings. The van der Waals surface area contributed by atoms with Crippen molar-refractivity contribution in [3.05, 3.63) is 29.3 Å². The number of hydrogen-bond acceptors (Lipinski definition) is 2. The minimum Gasteiger partial charge on any atom is -0.507 e. The Morgan fingerprint density at radius 2 is 1.58 bits per heavy atom. The lowest BCUT2D eigenvalue weighted by Crippen LogP contribution is -2.58. The number of hydrogen-bond donors (Lipinski definition) is 1. The van der Waals surface area contributed by atoms with Gasteiger partial charge in [-0.2, -0.15) is 0 Å². The molecule has 4 saturated carbocycles. The molecule has 0 radical (unpaired) electrons. The SMILES string of the molecule is CN(Cc1cccc(C(C)(C)C)c1O)C12CC3CC(CC(C3)C1)C2. The number of phenolic OH excluding ortho intramolecular Hbond substituents is 1. The van der Waals surface area contributed by atoms with Crippen molar-refractivity contribution >= 4 is 0 Å². The van der Waals surface area contributed by atoms with Gasteiger partial charge in [0.05, 0.1) is 0 Å². The van der Waals surface area contributed by atoms with E-state index in [1.165, 1.54) is 38.5 Å². The van der Waals surface area contributed by atoms with E-state index < -0.39 is 0 Å². The monoisotopic (exact) mass is 327 g/mol. The molecule has 4 fully saturated rings. The molecule has 132 valence electrons. The second-order valence-corrected chi connectivity index (χ2v) is 10.1. The van der Waals surface area contributed by atoms with Crippen LogP contribution in [0.4, 0.5) is 0 Å². The van der Waals surface area contributed by atoms with Crippen molar-refractivity contribution < 1.29 is 5.11 Å². The average Bonchev–Trinajstić information content (AvgIpc) is 2.46. The van der Waals surface area contributed by atoms with E-state index in [0.717, 1.165) is 35.4 Å².